The standard InChI is InChI=1S/C29H28N2O2.C5H8/c1-30(2)24-14-16-26(17-15-24)33-20-25-18-22-9-3-4-10-23(22)19-31(25)29(32)28-13-7-11-21-8-5-6-12-27(21)28;1-3-5-4-2/h3-17,25H,18-20H2,1-2H3;3-4H,1-2,5H2. The molecule has 0 aromatic heterocycles. The van der Waals surface area contributed by atoms with E-state index in [0.29, 0.717) is 13.2 Å². The summed E-state index contributed by atoms with van der Waals surface area (Å²) in [7, 11) is 4.04. The maximum atomic E-state index is 13.8. The number of amides is 1. The number of benzene rings is 4. The van der Waals surface area contributed by atoms with E-state index < -0.39 is 0 Å². The molecule has 4 aromatic rings. The Morgan fingerprint density at radius 2 is 1.55 bits per heavy atom. The molecule has 1 amide bonds. The highest BCUT2D eigenvalue weighted by molar-refractivity contribution is 6.07. The maximum absolute atomic E-state index is 13.8. The van der Waals surface area contributed by atoms with Gasteiger partial charge < -0.3 is 14.5 Å². The molecule has 0 saturated carbocycles. The molecule has 4 heteroatoms. The first-order valence-corrected chi connectivity index (χ1v) is 13.0. The molecule has 1 aliphatic rings. The Labute approximate surface area is 226 Å². The van der Waals surface area contributed by atoms with E-state index in [1.54, 1.807) is 0 Å². The summed E-state index contributed by atoms with van der Waals surface area (Å²) in [6.07, 6.45) is 5.32. The van der Waals surface area contributed by atoms with Crippen LogP contribution in [-0.2, 0) is 13.0 Å². The molecule has 4 nitrogen and oxygen atoms in total. The molecule has 194 valence electrons. The number of hydrogen-bond acceptors (Lipinski definition) is 3. The molecule has 0 saturated heterocycles. The Kier molecular flexibility index (Phi) is 8.99. The van der Waals surface area contributed by atoms with Crippen molar-refractivity contribution < 1.29 is 9.53 Å². The van der Waals surface area contributed by atoms with Gasteiger partial charge in [-0.25, -0.2) is 0 Å². The quantitative estimate of drug-likeness (QED) is 0.248. The summed E-state index contributed by atoms with van der Waals surface area (Å²) in [6, 6.07) is 30.4. The van der Waals surface area contributed by atoms with E-state index in [-0.39, 0.29) is 11.9 Å². The zero-order valence-electron chi connectivity index (χ0n) is 22.3. The molecule has 1 heterocycles. The topological polar surface area (TPSA) is 32.8 Å². The lowest BCUT2D eigenvalue weighted by Gasteiger charge is -2.37. The predicted octanol–water partition coefficient (Wildman–Crippen LogP) is 7.30. The molecule has 4 aromatic carbocycles. The van der Waals surface area contributed by atoms with Gasteiger partial charge in [0.1, 0.15) is 12.4 Å². The summed E-state index contributed by atoms with van der Waals surface area (Å²) in [5.41, 5.74) is 4.36. The molecule has 1 unspecified atom stereocenters. The van der Waals surface area contributed by atoms with Gasteiger partial charge in [0.05, 0.1) is 6.04 Å². The molecule has 0 radical (unpaired) electrons. The van der Waals surface area contributed by atoms with E-state index in [1.165, 1.54) is 11.1 Å². The van der Waals surface area contributed by atoms with Gasteiger partial charge in [-0.15, -0.1) is 13.2 Å². The molecular formula is C34H36N2O2. The molecule has 0 fully saturated rings. The summed E-state index contributed by atoms with van der Waals surface area (Å²) in [5.74, 6) is 0.870. The van der Waals surface area contributed by atoms with Gasteiger partial charge >= 0.3 is 0 Å². The molecule has 38 heavy (non-hydrogen) atoms. The number of carbonyl (C=O) groups is 1. The van der Waals surface area contributed by atoms with E-state index in [1.807, 2.05) is 91.8 Å². The minimum atomic E-state index is -0.0418. The van der Waals surface area contributed by atoms with Crippen molar-refractivity contribution in [1.82, 2.24) is 4.90 Å². The third-order valence-electron chi connectivity index (χ3n) is 6.77. The number of fused-ring (bicyclic) bond motifs is 2. The lowest BCUT2D eigenvalue weighted by atomic mass is 9.93. The summed E-state index contributed by atoms with van der Waals surface area (Å²) in [4.78, 5) is 17.9. The van der Waals surface area contributed by atoms with Crippen molar-refractivity contribution in [2.45, 2.75) is 25.4 Å². The minimum Gasteiger partial charge on any atom is -0.491 e. The van der Waals surface area contributed by atoms with Crippen LogP contribution in [0.25, 0.3) is 10.8 Å². The fourth-order valence-electron chi connectivity index (χ4n) is 4.69. The molecule has 0 aliphatic carbocycles. The Bertz CT molecular complexity index is 1380. The third kappa shape index (κ3) is 6.33. The number of anilines is 1. The van der Waals surface area contributed by atoms with Gasteiger partial charge in [-0.3, -0.25) is 4.79 Å². The van der Waals surface area contributed by atoms with E-state index in [4.69, 9.17) is 4.74 Å². The van der Waals surface area contributed by atoms with Crippen molar-refractivity contribution in [1.29, 1.82) is 0 Å². The van der Waals surface area contributed by atoms with Crippen molar-refractivity contribution in [2.75, 3.05) is 25.6 Å². The van der Waals surface area contributed by atoms with Gasteiger partial charge in [0, 0.05) is 31.9 Å². The number of hydrogen-bond donors (Lipinski definition) is 0. The predicted molar refractivity (Wildman–Crippen MR) is 159 cm³/mol. The number of nitrogens with zero attached hydrogens (tertiary/aromatic N) is 2. The van der Waals surface area contributed by atoms with Crippen LogP contribution in [0.1, 0.15) is 27.9 Å². The van der Waals surface area contributed by atoms with Crippen LogP contribution in [0.2, 0.25) is 0 Å². The SMILES string of the molecule is C=CCC=C.CN(C)c1ccc(OCC2Cc3ccccc3CN2C(=O)c2cccc3ccccc23)cc1. The first-order chi connectivity index (χ1) is 18.5. The number of ether oxygens (including phenoxy) is 1. The van der Waals surface area contributed by atoms with Crippen molar-refractivity contribution in [3.8, 4) is 5.75 Å². The largest absolute Gasteiger partial charge is 0.491 e. The molecule has 1 atom stereocenters. The summed E-state index contributed by atoms with van der Waals surface area (Å²) in [6.45, 7) is 8.00. The Balaban J connectivity index is 0.000000617. The third-order valence-corrected chi connectivity index (χ3v) is 6.77. The number of carbonyl (C=O) groups excluding carboxylic acids is 1. The molecular weight excluding hydrogens is 468 g/mol. The van der Waals surface area contributed by atoms with Gasteiger partial charge in [-0.2, -0.15) is 0 Å². The van der Waals surface area contributed by atoms with Crippen LogP contribution < -0.4 is 9.64 Å². The van der Waals surface area contributed by atoms with Crippen LogP contribution in [0.15, 0.2) is 116 Å². The van der Waals surface area contributed by atoms with Crippen LogP contribution in [0.5, 0.6) is 5.75 Å². The van der Waals surface area contributed by atoms with Gasteiger partial charge in [0.25, 0.3) is 5.91 Å². The second-order valence-electron chi connectivity index (χ2n) is 9.60. The number of allylic oxidation sites excluding steroid dienone is 2. The van der Waals surface area contributed by atoms with Crippen LogP contribution in [0.3, 0.4) is 0 Å². The summed E-state index contributed by atoms with van der Waals surface area (Å²) < 4.78 is 6.19. The lowest BCUT2D eigenvalue weighted by molar-refractivity contribution is 0.0568. The summed E-state index contributed by atoms with van der Waals surface area (Å²) >= 11 is 0. The van der Waals surface area contributed by atoms with E-state index >= 15 is 0 Å². The van der Waals surface area contributed by atoms with Gasteiger partial charge in [-0.1, -0.05) is 72.8 Å². The van der Waals surface area contributed by atoms with Crippen LogP contribution >= 0.6 is 0 Å². The van der Waals surface area contributed by atoms with E-state index in [2.05, 4.69) is 48.4 Å². The first kappa shape index (κ1) is 26.7. The maximum Gasteiger partial charge on any atom is 0.255 e. The van der Waals surface area contributed by atoms with Crippen LogP contribution in [-0.4, -0.2) is 37.6 Å². The average molecular weight is 505 g/mol. The fourth-order valence-corrected chi connectivity index (χ4v) is 4.69. The van der Waals surface area contributed by atoms with Crippen molar-refractivity contribution in [3.05, 3.63) is 133 Å². The molecule has 1 aliphatic heterocycles. The fraction of sp³-hybridized carbons (Fsp3) is 0.206. The van der Waals surface area contributed by atoms with Crippen LogP contribution in [0, 0.1) is 0 Å². The van der Waals surface area contributed by atoms with Crippen molar-refractivity contribution >= 4 is 22.4 Å². The second-order valence-corrected chi connectivity index (χ2v) is 9.60. The molecule has 0 N–H and O–H groups in total. The highest BCUT2D eigenvalue weighted by atomic mass is 16.5. The zero-order chi connectivity index (χ0) is 26.9. The number of rotatable bonds is 7. The smallest absolute Gasteiger partial charge is 0.255 e. The summed E-state index contributed by atoms with van der Waals surface area (Å²) in [5, 5.41) is 2.07. The lowest BCUT2D eigenvalue weighted by Crippen LogP contribution is -2.47. The minimum absolute atomic E-state index is 0.0418. The second kappa shape index (κ2) is 12.8. The molecule has 0 spiro atoms. The first-order valence-electron chi connectivity index (χ1n) is 13.0. The van der Waals surface area contributed by atoms with E-state index in [9.17, 15) is 4.79 Å². The monoisotopic (exact) mass is 504 g/mol. The normalized spacial score (nSPS) is 14.1. The Morgan fingerprint density at radius 3 is 2.24 bits per heavy atom. The Morgan fingerprint density at radius 1 is 0.895 bits per heavy atom. The highest BCUT2D eigenvalue weighted by Gasteiger charge is 2.31. The average Bonchev–Trinajstić information content (AvgIpc) is 2.96. The van der Waals surface area contributed by atoms with Crippen molar-refractivity contribution in [2.24, 2.45) is 0 Å². The van der Waals surface area contributed by atoms with Gasteiger partial charge in [0.15, 0.2) is 0 Å². The Hall–Kier alpha value is -4.31. The molecule has 0 bridgehead atoms. The van der Waals surface area contributed by atoms with E-state index in [0.717, 1.165) is 40.6 Å². The highest BCUT2D eigenvalue weighted by Crippen LogP contribution is 2.28. The van der Waals surface area contributed by atoms with Gasteiger partial charge in [-0.05, 0) is 65.1 Å². The van der Waals surface area contributed by atoms with Gasteiger partial charge in [0.2, 0.25) is 0 Å². The van der Waals surface area contributed by atoms with Crippen LogP contribution in [0.4, 0.5) is 5.69 Å². The van der Waals surface area contributed by atoms with Crippen molar-refractivity contribution in [3.63, 3.8) is 0 Å². The zero-order valence-corrected chi connectivity index (χ0v) is 22.3. The molecule has 5 rings (SSSR count).